The number of rotatable bonds is 5. The largest absolute Gasteiger partial charge is 0.369 e. The molecule has 4 aromatic rings. The van der Waals surface area contributed by atoms with Crippen molar-refractivity contribution in [3.63, 3.8) is 0 Å². The molecule has 5 N–H and O–H groups in total. The second-order valence-electron chi connectivity index (χ2n) is 5.89. The molecule has 0 spiro atoms. The van der Waals surface area contributed by atoms with E-state index >= 15 is 0 Å². The van der Waals surface area contributed by atoms with E-state index in [1.54, 1.807) is 41.2 Å². The molecule has 0 aliphatic heterocycles. The smallest absolute Gasteiger partial charge is 0.285 e. The van der Waals surface area contributed by atoms with Crippen molar-refractivity contribution in [3.05, 3.63) is 60.9 Å². The monoisotopic (exact) mass is 409 g/mol. The van der Waals surface area contributed by atoms with Gasteiger partial charge in [-0.25, -0.2) is 0 Å². The Morgan fingerprint density at radius 2 is 1.69 bits per heavy atom. The molecule has 0 amide bonds. The van der Waals surface area contributed by atoms with E-state index in [4.69, 9.17) is 11.5 Å². The van der Waals surface area contributed by atoms with Crippen LogP contribution in [0.15, 0.2) is 70.2 Å². The lowest BCUT2D eigenvalue weighted by molar-refractivity contribution is 0.598. The Morgan fingerprint density at radius 1 is 0.966 bits per heavy atom. The van der Waals surface area contributed by atoms with Crippen LogP contribution in [0, 0.1) is 0 Å². The van der Waals surface area contributed by atoms with Crippen LogP contribution in [0.5, 0.6) is 0 Å². The van der Waals surface area contributed by atoms with Crippen LogP contribution in [0.4, 0.5) is 11.5 Å². The third kappa shape index (κ3) is 3.82. The standard InChI is InChI=1S/C17H15N9O2S/c18-17(19)25-29(27,28)13-3-1-12(2-4-13)21-14-5-6-15-22-23-16(26(15)24-14)11-7-9-20-10-8-11/h1-10H,(H,21,24)(H4,18,19,25). The lowest BCUT2D eigenvalue weighted by atomic mass is 10.2. The number of fused-ring (bicyclic) bond motifs is 1. The molecule has 29 heavy (non-hydrogen) atoms. The van der Waals surface area contributed by atoms with Gasteiger partial charge in [0.25, 0.3) is 10.0 Å². The molecule has 3 heterocycles. The number of nitrogens with zero attached hydrogens (tertiary/aromatic N) is 6. The average Bonchev–Trinajstić information content (AvgIpc) is 3.11. The fourth-order valence-corrected chi connectivity index (χ4v) is 3.45. The second-order valence-corrected chi connectivity index (χ2v) is 7.49. The van der Waals surface area contributed by atoms with Gasteiger partial charge in [-0.1, -0.05) is 0 Å². The van der Waals surface area contributed by atoms with Crippen LogP contribution in [-0.4, -0.2) is 39.2 Å². The van der Waals surface area contributed by atoms with Gasteiger partial charge in [0, 0.05) is 23.6 Å². The van der Waals surface area contributed by atoms with E-state index in [-0.39, 0.29) is 4.90 Å². The normalized spacial score (nSPS) is 11.3. The molecule has 0 fully saturated rings. The van der Waals surface area contributed by atoms with E-state index < -0.39 is 16.0 Å². The number of nitrogens with one attached hydrogen (secondary N) is 1. The first kappa shape index (κ1) is 18.3. The number of sulfonamides is 1. The highest BCUT2D eigenvalue weighted by molar-refractivity contribution is 7.90. The fourth-order valence-electron chi connectivity index (χ4n) is 2.59. The summed E-state index contributed by atoms with van der Waals surface area (Å²) in [5.74, 6) is 0.570. The molecule has 1 aromatic carbocycles. The summed E-state index contributed by atoms with van der Waals surface area (Å²) in [5, 5.41) is 15.9. The first-order valence-corrected chi connectivity index (χ1v) is 9.72. The summed E-state index contributed by atoms with van der Waals surface area (Å²) in [7, 11) is -3.94. The lowest BCUT2D eigenvalue weighted by Gasteiger charge is -2.07. The molecule has 11 nitrogen and oxygen atoms in total. The highest BCUT2D eigenvalue weighted by Crippen LogP contribution is 2.21. The van der Waals surface area contributed by atoms with Crippen molar-refractivity contribution in [1.82, 2.24) is 24.8 Å². The van der Waals surface area contributed by atoms with Gasteiger partial charge < -0.3 is 16.8 Å². The predicted octanol–water partition coefficient (Wildman–Crippen LogP) is 0.892. The van der Waals surface area contributed by atoms with E-state index in [2.05, 4.69) is 30.0 Å². The summed E-state index contributed by atoms with van der Waals surface area (Å²) in [5.41, 5.74) is 12.3. The van der Waals surface area contributed by atoms with Crippen LogP contribution < -0.4 is 16.8 Å². The summed E-state index contributed by atoms with van der Waals surface area (Å²) in [6, 6.07) is 13.1. The molecule has 3 aromatic heterocycles. The van der Waals surface area contributed by atoms with Gasteiger partial charge in [0.15, 0.2) is 17.3 Å². The summed E-state index contributed by atoms with van der Waals surface area (Å²) in [6.07, 6.45) is 3.33. The number of guanidine groups is 1. The minimum Gasteiger partial charge on any atom is -0.369 e. The molecule has 0 aliphatic carbocycles. The van der Waals surface area contributed by atoms with Crippen molar-refractivity contribution in [1.29, 1.82) is 0 Å². The van der Waals surface area contributed by atoms with Crippen molar-refractivity contribution in [2.45, 2.75) is 4.90 Å². The van der Waals surface area contributed by atoms with Crippen LogP contribution >= 0.6 is 0 Å². The number of nitrogens with two attached hydrogens (primary N) is 2. The maximum atomic E-state index is 12.0. The van der Waals surface area contributed by atoms with Crippen molar-refractivity contribution >= 4 is 33.1 Å². The van der Waals surface area contributed by atoms with Gasteiger partial charge in [0.2, 0.25) is 5.96 Å². The van der Waals surface area contributed by atoms with Gasteiger partial charge in [-0.05, 0) is 48.5 Å². The van der Waals surface area contributed by atoms with Gasteiger partial charge in [-0.3, -0.25) is 4.98 Å². The number of aromatic nitrogens is 5. The SMILES string of the molecule is NC(N)=NS(=O)(=O)c1ccc(Nc2ccc3nnc(-c4ccncc4)n3n2)cc1. The Labute approximate surface area is 165 Å². The van der Waals surface area contributed by atoms with Crippen molar-refractivity contribution in [3.8, 4) is 11.4 Å². The molecular weight excluding hydrogens is 394 g/mol. The van der Waals surface area contributed by atoms with Gasteiger partial charge in [-0.2, -0.15) is 12.9 Å². The zero-order valence-corrected chi connectivity index (χ0v) is 15.7. The third-order valence-corrected chi connectivity index (χ3v) is 5.17. The molecule has 0 atom stereocenters. The van der Waals surface area contributed by atoms with Gasteiger partial charge >= 0.3 is 0 Å². The van der Waals surface area contributed by atoms with Gasteiger partial charge in [-0.15, -0.1) is 19.7 Å². The minimum atomic E-state index is -3.94. The van der Waals surface area contributed by atoms with Crippen molar-refractivity contribution in [2.75, 3.05) is 5.32 Å². The third-order valence-electron chi connectivity index (χ3n) is 3.85. The molecule has 146 valence electrons. The van der Waals surface area contributed by atoms with Crippen molar-refractivity contribution < 1.29 is 8.42 Å². The topological polar surface area (TPSA) is 167 Å². The first-order valence-electron chi connectivity index (χ1n) is 8.28. The number of hydrogen-bond donors (Lipinski definition) is 3. The Kier molecular flexibility index (Phi) is 4.52. The maximum absolute atomic E-state index is 12.0. The molecule has 0 saturated heterocycles. The van der Waals surface area contributed by atoms with Crippen LogP contribution in [0.3, 0.4) is 0 Å². The fraction of sp³-hybridized carbons (Fsp3) is 0. The van der Waals surface area contributed by atoms with Crippen LogP contribution in [0.1, 0.15) is 0 Å². The predicted molar refractivity (Wildman–Crippen MR) is 107 cm³/mol. The molecule has 12 heteroatoms. The molecule has 0 saturated carbocycles. The van der Waals surface area contributed by atoms with Crippen LogP contribution in [0.2, 0.25) is 0 Å². The molecule has 0 radical (unpaired) electrons. The summed E-state index contributed by atoms with van der Waals surface area (Å²) in [4.78, 5) is 3.96. The van der Waals surface area contributed by atoms with E-state index in [1.165, 1.54) is 12.1 Å². The summed E-state index contributed by atoms with van der Waals surface area (Å²) < 4.78 is 28.9. The van der Waals surface area contributed by atoms with Gasteiger partial charge in [0.05, 0.1) is 4.90 Å². The molecular formula is C17H15N9O2S. The average molecular weight is 409 g/mol. The summed E-state index contributed by atoms with van der Waals surface area (Å²) >= 11 is 0. The van der Waals surface area contributed by atoms with E-state index in [0.717, 1.165) is 5.56 Å². The van der Waals surface area contributed by atoms with Crippen LogP contribution in [-0.2, 0) is 10.0 Å². The number of benzene rings is 1. The molecule has 0 unspecified atom stereocenters. The quantitative estimate of drug-likeness (QED) is 0.320. The molecule has 4 rings (SSSR count). The molecule has 0 bridgehead atoms. The number of pyridine rings is 1. The van der Waals surface area contributed by atoms with Crippen LogP contribution in [0.25, 0.3) is 17.0 Å². The number of hydrogen-bond acceptors (Lipinski definition) is 7. The minimum absolute atomic E-state index is 0.0290. The Hall–Kier alpha value is -4.06. The van der Waals surface area contributed by atoms with E-state index in [9.17, 15) is 8.42 Å². The Bertz CT molecular complexity index is 1300. The van der Waals surface area contributed by atoms with Crippen molar-refractivity contribution in [2.24, 2.45) is 15.9 Å². The first-order chi connectivity index (χ1) is 13.9. The highest BCUT2D eigenvalue weighted by Gasteiger charge is 2.13. The van der Waals surface area contributed by atoms with Gasteiger partial charge in [0.1, 0.15) is 0 Å². The Morgan fingerprint density at radius 3 is 2.38 bits per heavy atom. The Balaban J connectivity index is 1.62. The summed E-state index contributed by atoms with van der Waals surface area (Å²) in [6.45, 7) is 0. The van der Waals surface area contributed by atoms with E-state index in [0.29, 0.717) is 23.0 Å². The lowest BCUT2D eigenvalue weighted by Crippen LogP contribution is -2.24. The molecule has 0 aliphatic rings. The zero-order chi connectivity index (χ0) is 20.4. The maximum Gasteiger partial charge on any atom is 0.285 e. The number of anilines is 2. The second kappa shape index (κ2) is 7.16. The van der Waals surface area contributed by atoms with E-state index in [1.807, 2.05) is 12.1 Å². The highest BCUT2D eigenvalue weighted by atomic mass is 32.2. The zero-order valence-electron chi connectivity index (χ0n) is 14.8.